The van der Waals surface area contributed by atoms with Crippen LogP contribution in [0.1, 0.15) is 11.3 Å². The lowest BCUT2D eigenvalue weighted by molar-refractivity contribution is -0.151. The summed E-state index contributed by atoms with van der Waals surface area (Å²) in [4.78, 5) is 31.0. The van der Waals surface area contributed by atoms with Gasteiger partial charge in [-0.05, 0) is 29.1 Å². The maximum Gasteiger partial charge on any atom is 0.312 e. The quantitative estimate of drug-likeness (QED) is 0.563. The average Bonchev–Trinajstić information content (AvgIpc) is 3.33. The van der Waals surface area contributed by atoms with Gasteiger partial charge in [-0.3, -0.25) is 9.59 Å². The number of nitrogens with zero attached hydrogens (tertiary/aromatic N) is 2. The van der Waals surface area contributed by atoms with Gasteiger partial charge < -0.3 is 9.64 Å². The number of benzene rings is 1. The number of ether oxygens (including phenoxy) is 1. The Kier molecular flexibility index (Phi) is 6.31. The van der Waals surface area contributed by atoms with Gasteiger partial charge in [0.1, 0.15) is 10.8 Å². The Morgan fingerprint density at radius 2 is 1.96 bits per heavy atom. The van der Waals surface area contributed by atoms with Crippen LogP contribution in [0.2, 0.25) is 0 Å². The molecule has 140 valence electrons. The highest BCUT2D eigenvalue weighted by Gasteiger charge is 2.15. The van der Waals surface area contributed by atoms with Crippen LogP contribution < -0.4 is 0 Å². The third kappa shape index (κ3) is 5.45. The molecular formula is C19H17FN2O3S2. The lowest BCUT2D eigenvalue weighted by atomic mass is 10.2. The van der Waals surface area contributed by atoms with Gasteiger partial charge in [0.15, 0.2) is 6.61 Å². The lowest BCUT2D eigenvalue weighted by Gasteiger charge is -2.17. The number of rotatable bonds is 7. The summed E-state index contributed by atoms with van der Waals surface area (Å²) in [5, 5.41) is 4.65. The van der Waals surface area contributed by atoms with Crippen molar-refractivity contribution in [2.75, 3.05) is 13.7 Å². The van der Waals surface area contributed by atoms with E-state index in [2.05, 4.69) is 4.98 Å². The van der Waals surface area contributed by atoms with Crippen molar-refractivity contribution in [3.63, 3.8) is 0 Å². The SMILES string of the molecule is CN(Cc1ccc(F)cc1)C(=O)COC(=O)Cc1csc(-c2cccs2)n1. The molecule has 0 fully saturated rings. The summed E-state index contributed by atoms with van der Waals surface area (Å²) >= 11 is 3.06. The van der Waals surface area contributed by atoms with Gasteiger partial charge in [-0.25, -0.2) is 9.37 Å². The fourth-order valence-electron chi connectivity index (χ4n) is 2.30. The number of amides is 1. The predicted octanol–water partition coefficient (Wildman–Crippen LogP) is 3.76. The second kappa shape index (κ2) is 8.88. The Morgan fingerprint density at radius 3 is 2.67 bits per heavy atom. The Morgan fingerprint density at radius 1 is 1.19 bits per heavy atom. The highest BCUT2D eigenvalue weighted by atomic mass is 32.1. The smallest absolute Gasteiger partial charge is 0.312 e. The number of hydrogen-bond donors (Lipinski definition) is 0. The standard InChI is InChI=1S/C19H17FN2O3S2/c1-22(10-13-4-6-14(20)7-5-13)17(23)11-25-18(24)9-15-12-27-19(21-15)16-3-2-8-26-16/h2-8,12H,9-11H2,1H3. The number of esters is 1. The highest BCUT2D eigenvalue weighted by Crippen LogP contribution is 2.27. The van der Waals surface area contributed by atoms with E-state index in [1.54, 1.807) is 30.5 Å². The van der Waals surface area contributed by atoms with Crippen LogP contribution >= 0.6 is 22.7 Å². The number of thiazole rings is 1. The zero-order chi connectivity index (χ0) is 19.2. The van der Waals surface area contributed by atoms with Crippen molar-refractivity contribution in [3.05, 3.63) is 64.2 Å². The molecule has 2 heterocycles. The fourth-order valence-corrected chi connectivity index (χ4v) is 3.94. The van der Waals surface area contributed by atoms with Crippen LogP contribution in [0.15, 0.2) is 47.2 Å². The normalized spacial score (nSPS) is 10.6. The van der Waals surface area contributed by atoms with Crippen LogP contribution in [0.25, 0.3) is 9.88 Å². The summed E-state index contributed by atoms with van der Waals surface area (Å²) in [6, 6.07) is 9.82. The van der Waals surface area contributed by atoms with Crippen LogP contribution in [0.4, 0.5) is 4.39 Å². The number of aromatic nitrogens is 1. The van der Waals surface area contributed by atoms with Crippen LogP contribution in [0.5, 0.6) is 0 Å². The van der Waals surface area contributed by atoms with Crippen LogP contribution in [0.3, 0.4) is 0 Å². The lowest BCUT2D eigenvalue weighted by Crippen LogP contribution is -2.31. The number of carbonyl (C=O) groups excluding carboxylic acids is 2. The van der Waals surface area contributed by atoms with Gasteiger partial charge in [0.25, 0.3) is 5.91 Å². The zero-order valence-electron chi connectivity index (χ0n) is 14.6. The molecule has 0 radical (unpaired) electrons. The molecule has 1 amide bonds. The Balaban J connectivity index is 1.45. The Labute approximate surface area is 164 Å². The first-order valence-electron chi connectivity index (χ1n) is 8.13. The first-order valence-corrected chi connectivity index (χ1v) is 9.89. The van der Waals surface area contributed by atoms with Gasteiger partial charge in [-0.1, -0.05) is 18.2 Å². The monoisotopic (exact) mass is 404 g/mol. The molecule has 0 spiro atoms. The molecule has 3 rings (SSSR count). The molecule has 0 aliphatic rings. The van der Waals surface area contributed by atoms with Gasteiger partial charge in [-0.2, -0.15) is 0 Å². The number of carbonyl (C=O) groups is 2. The molecule has 0 bridgehead atoms. The van der Waals surface area contributed by atoms with Gasteiger partial charge >= 0.3 is 5.97 Å². The van der Waals surface area contributed by atoms with Crippen LogP contribution in [0, 0.1) is 5.82 Å². The maximum atomic E-state index is 12.9. The van der Waals surface area contributed by atoms with Gasteiger partial charge in [0.05, 0.1) is 17.0 Å². The predicted molar refractivity (Wildman–Crippen MR) is 103 cm³/mol. The van der Waals surface area contributed by atoms with Crippen molar-refractivity contribution in [2.24, 2.45) is 0 Å². The molecule has 0 aliphatic heterocycles. The molecule has 0 N–H and O–H groups in total. The number of hydrogen-bond acceptors (Lipinski definition) is 6. The molecule has 5 nitrogen and oxygen atoms in total. The molecule has 27 heavy (non-hydrogen) atoms. The van der Waals surface area contributed by atoms with E-state index in [-0.39, 0.29) is 24.8 Å². The van der Waals surface area contributed by atoms with E-state index in [1.807, 2.05) is 22.9 Å². The summed E-state index contributed by atoms with van der Waals surface area (Å²) in [6.45, 7) is -0.0224. The Bertz CT molecular complexity index is 907. The molecule has 0 aliphatic carbocycles. The van der Waals surface area contributed by atoms with E-state index >= 15 is 0 Å². The third-order valence-electron chi connectivity index (χ3n) is 3.72. The second-order valence-electron chi connectivity index (χ2n) is 5.84. The molecule has 0 unspecified atom stereocenters. The molecule has 0 saturated carbocycles. The minimum atomic E-state index is -0.499. The average molecular weight is 404 g/mol. The molecule has 0 saturated heterocycles. The largest absolute Gasteiger partial charge is 0.455 e. The Hall–Kier alpha value is -2.58. The molecule has 8 heteroatoms. The van der Waals surface area contributed by atoms with E-state index < -0.39 is 5.97 Å². The highest BCUT2D eigenvalue weighted by molar-refractivity contribution is 7.20. The molecule has 0 atom stereocenters. The van der Waals surface area contributed by atoms with E-state index in [9.17, 15) is 14.0 Å². The number of thiophene rings is 1. The molecular weight excluding hydrogens is 387 g/mol. The fraction of sp³-hybridized carbons (Fsp3) is 0.211. The van der Waals surface area contributed by atoms with Crippen molar-refractivity contribution in [3.8, 4) is 9.88 Å². The van der Waals surface area contributed by atoms with E-state index in [0.717, 1.165) is 15.4 Å². The topological polar surface area (TPSA) is 59.5 Å². The van der Waals surface area contributed by atoms with E-state index in [1.165, 1.54) is 28.4 Å². The van der Waals surface area contributed by atoms with E-state index in [0.29, 0.717) is 12.2 Å². The van der Waals surface area contributed by atoms with Gasteiger partial charge in [0, 0.05) is 19.0 Å². The van der Waals surface area contributed by atoms with Crippen LogP contribution in [-0.4, -0.2) is 35.4 Å². The van der Waals surface area contributed by atoms with E-state index in [4.69, 9.17) is 4.74 Å². The molecule has 2 aromatic heterocycles. The van der Waals surface area contributed by atoms with Crippen molar-refractivity contribution in [2.45, 2.75) is 13.0 Å². The summed E-state index contributed by atoms with van der Waals surface area (Å²) in [6.07, 6.45) is 0.0246. The molecule has 1 aromatic carbocycles. The molecule has 3 aromatic rings. The van der Waals surface area contributed by atoms with Crippen LogP contribution in [-0.2, 0) is 27.3 Å². The minimum Gasteiger partial charge on any atom is -0.455 e. The minimum absolute atomic E-state index is 0.0246. The van der Waals surface area contributed by atoms with Crippen molar-refractivity contribution < 1.29 is 18.7 Å². The zero-order valence-corrected chi connectivity index (χ0v) is 16.2. The van der Waals surface area contributed by atoms with Crippen molar-refractivity contribution in [1.29, 1.82) is 0 Å². The second-order valence-corrected chi connectivity index (χ2v) is 7.64. The first kappa shape index (κ1) is 19.2. The number of halogens is 1. The van der Waals surface area contributed by atoms with Crippen molar-refractivity contribution in [1.82, 2.24) is 9.88 Å². The summed E-state index contributed by atoms with van der Waals surface area (Å²) in [5.41, 5.74) is 1.42. The van der Waals surface area contributed by atoms with Gasteiger partial charge in [0.2, 0.25) is 0 Å². The van der Waals surface area contributed by atoms with Gasteiger partial charge in [-0.15, -0.1) is 22.7 Å². The van der Waals surface area contributed by atoms with Crippen molar-refractivity contribution >= 4 is 34.6 Å². The number of likely N-dealkylation sites (N-methyl/N-ethyl adjacent to an activating group) is 1. The summed E-state index contributed by atoms with van der Waals surface area (Å²) in [7, 11) is 1.60. The summed E-state index contributed by atoms with van der Waals surface area (Å²) in [5.74, 6) is -1.15. The summed E-state index contributed by atoms with van der Waals surface area (Å²) < 4.78 is 18.0. The third-order valence-corrected chi connectivity index (χ3v) is 5.65. The first-order chi connectivity index (χ1) is 13.0. The maximum absolute atomic E-state index is 12.9.